The van der Waals surface area contributed by atoms with Crippen molar-refractivity contribution in [3.05, 3.63) is 94.6 Å². The maximum Gasteiger partial charge on any atom is 0.538 e. The number of terminal acetylenes is 1. The summed E-state index contributed by atoms with van der Waals surface area (Å²) in [7, 11) is -3.84. The van der Waals surface area contributed by atoms with Crippen molar-refractivity contribution in [1.29, 1.82) is 0 Å². The molecule has 0 saturated heterocycles. The van der Waals surface area contributed by atoms with Gasteiger partial charge in [0.25, 0.3) is 0 Å². The van der Waals surface area contributed by atoms with E-state index < -0.39 is 13.8 Å². The number of ether oxygens (including phenoxy) is 2. The van der Waals surface area contributed by atoms with Crippen LogP contribution in [0, 0.1) is 12.5 Å². The van der Waals surface area contributed by atoms with E-state index in [9.17, 15) is 9.36 Å². The molecule has 0 heterocycles. The van der Waals surface area contributed by atoms with E-state index in [1.807, 2.05) is 18.2 Å². The van der Waals surface area contributed by atoms with E-state index >= 15 is 0 Å². The maximum absolute atomic E-state index is 12.9. The molecular weight excluding hydrogens is 539 g/mol. The number of esters is 1. The molecule has 0 fully saturated rings. The van der Waals surface area contributed by atoms with E-state index in [1.165, 1.54) is 16.7 Å². The molecule has 0 N–H and O–H groups in total. The number of para-hydroxylation sites is 1. The molecule has 1 unspecified atom stereocenters. The Balaban J connectivity index is 1.89. The molecule has 8 heteroatoms. The highest BCUT2D eigenvalue weighted by Crippen LogP contribution is 2.49. The van der Waals surface area contributed by atoms with E-state index in [0.29, 0.717) is 29.2 Å². The van der Waals surface area contributed by atoms with Crippen molar-refractivity contribution in [3.63, 3.8) is 0 Å². The highest BCUT2D eigenvalue weighted by Gasteiger charge is 2.27. The number of carbonyl (C=O) groups excluding carboxylic acids is 1. The Bertz CT molecular complexity index is 1300. The van der Waals surface area contributed by atoms with Crippen LogP contribution < -0.4 is 9.47 Å². The Morgan fingerprint density at radius 3 is 2.22 bits per heavy atom. The van der Waals surface area contributed by atoms with E-state index in [2.05, 4.69) is 44.4 Å². The average molecular weight is 581 g/mol. The van der Waals surface area contributed by atoms with E-state index in [-0.39, 0.29) is 13.2 Å². The summed E-state index contributed by atoms with van der Waals surface area (Å²) in [5.41, 5.74) is 4.97. The van der Waals surface area contributed by atoms with Crippen LogP contribution in [0.1, 0.15) is 76.2 Å². The van der Waals surface area contributed by atoms with Crippen LogP contribution in [0.2, 0.25) is 0 Å². The van der Waals surface area contributed by atoms with Crippen molar-refractivity contribution in [3.8, 4) is 24.0 Å². The van der Waals surface area contributed by atoms with Gasteiger partial charge in [0.2, 0.25) is 0 Å². The van der Waals surface area contributed by atoms with Gasteiger partial charge in [0.15, 0.2) is 0 Å². The van der Waals surface area contributed by atoms with Gasteiger partial charge < -0.3 is 14.0 Å². The van der Waals surface area contributed by atoms with E-state index in [0.717, 1.165) is 25.7 Å². The second-order valence-corrected chi connectivity index (χ2v) is 11.2. The van der Waals surface area contributed by atoms with Crippen LogP contribution in [0.4, 0.5) is 0 Å². The van der Waals surface area contributed by atoms with Gasteiger partial charge in [0.05, 0.1) is 13.2 Å². The molecule has 2 aromatic carbocycles. The topological polar surface area (TPSA) is 80.3 Å². The first kappa shape index (κ1) is 33.6. The van der Waals surface area contributed by atoms with Gasteiger partial charge in [0, 0.05) is 0 Å². The van der Waals surface area contributed by atoms with E-state index in [1.54, 1.807) is 49.4 Å². The number of phosphoric ester groups is 1. The highest BCUT2D eigenvalue weighted by atomic mass is 31.2. The number of phosphoric acid groups is 1. The Morgan fingerprint density at radius 2 is 1.56 bits per heavy atom. The predicted octanol–water partition coefficient (Wildman–Crippen LogP) is 8.97. The van der Waals surface area contributed by atoms with Crippen LogP contribution in [0.5, 0.6) is 11.5 Å². The minimum absolute atomic E-state index is 0.0665. The fourth-order valence-electron chi connectivity index (χ4n) is 3.66. The maximum atomic E-state index is 12.9. The summed E-state index contributed by atoms with van der Waals surface area (Å²) in [5, 5.41) is 0. The van der Waals surface area contributed by atoms with Gasteiger partial charge in [-0.2, -0.15) is 0 Å². The number of rotatable bonds is 17. The smallest absolute Gasteiger partial charge is 0.489 e. The molecule has 2 aromatic rings. The number of benzene rings is 2. The molecule has 1 atom stereocenters. The van der Waals surface area contributed by atoms with Crippen molar-refractivity contribution in [2.75, 3.05) is 13.2 Å². The molecule has 2 rings (SSSR count). The minimum Gasteiger partial charge on any atom is -0.489 e. The summed E-state index contributed by atoms with van der Waals surface area (Å²) in [6, 6.07) is 13.5. The van der Waals surface area contributed by atoms with E-state index in [4.69, 9.17) is 24.9 Å². The molecule has 0 bridgehead atoms. The molecule has 220 valence electrons. The van der Waals surface area contributed by atoms with Crippen LogP contribution in [0.25, 0.3) is 0 Å². The molecule has 0 aliphatic rings. The Hall–Kier alpha value is -3.56. The largest absolute Gasteiger partial charge is 0.538 e. The van der Waals surface area contributed by atoms with Gasteiger partial charge in [-0.05, 0) is 96.2 Å². The molecule has 7 nitrogen and oxygen atoms in total. The average Bonchev–Trinajstić information content (AvgIpc) is 2.93. The monoisotopic (exact) mass is 580 g/mol. The summed E-state index contributed by atoms with van der Waals surface area (Å²) in [4.78, 5) is 12.9. The molecule has 0 radical (unpaired) electrons. The van der Waals surface area contributed by atoms with Crippen molar-refractivity contribution in [2.24, 2.45) is 0 Å². The number of hydrogen-bond donors (Lipinski definition) is 0. The lowest BCUT2D eigenvalue weighted by molar-refractivity contribution is 0.0730. The first-order valence-corrected chi connectivity index (χ1v) is 15.1. The van der Waals surface area contributed by atoms with Crippen LogP contribution in [-0.2, 0) is 24.7 Å². The third kappa shape index (κ3) is 13.1. The van der Waals surface area contributed by atoms with Gasteiger partial charge in [-0.3, -0.25) is 9.05 Å². The van der Waals surface area contributed by atoms with Crippen LogP contribution >= 0.6 is 7.82 Å². The number of allylic oxidation sites excluding steroid dienone is 5. The van der Waals surface area contributed by atoms with Gasteiger partial charge in [-0.25, -0.2) is 9.36 Å². The molecule has 41 heavy (non-hydrogen) atoms. The van der Waals surface area contributed by atoms with Crippen molar-refractivity contribution in [2.45, 2.75) is 66.9 Å². The second-order valence-electron chi connectivity index (χ2n) is 9.65. The van der Waals surface area contributed by atoms with Gasteiger partial charge in [0.1, 0.15) is 29.8 Å². The van der Waals surface area contributed by atoms with Crippen LogP contribution in [-0.4, -0.2) is 19.2 Å². The summed E-state index contributed by atoms with van der Waals surface area (Å²) in [6.45, 7) is 10.6. The lowest BCUT2D eigenvalue weighted by atomic mass is 10.1. The van der Waals surface area contributed by atoms with Gasteiger partial charge in [-0.15, -0.1) is 0 Å². The Kier molecular flexibility index (Phi) is 14.8. The third-order valence-electron chi connectivity index (χ3n) is 5.88. The summed E-state index contributed by atoms with van der Waals surface area (Å²) in [5.74, 6) is 0.241. The molecule has 0 spiro atoms. The molecule has 0 aliphatic carbocycles. The predicted molar refractivity (Wildman–Crippen MR) is 163 cm³/mol. The molecule has 0 amide bonds. The van der Waals surface area contributed by atoms with Gasteiger partial charge >= 0.3 is 13.8 Å². The fourth-order valence-corrected chi connectivity index (χ4v) is 4.59. The zero-order valence-corrected chi connectivity index (χ0v) is 25.6. The summed E-state index contributed by atoms with van der Waals surface area (Å²) < 4.78 is 38.7. The first-order valence-electron chi connectivity index (χ1n) is 13.7. The fraction of sp³-hybridized carbons (Fsp3) is 0.364. The number of carbonyl (C=O) groups is 1. The van der Waals surface area contributed by atoms with Crippen molar-refractivity contribution >= 4 is 13.8 Å². The molecule has 0 aliphatic heterocycles. The van der Waals surface area contributed by atoms with Gasteiger partial charge in [-0.1, -0.05) is 59.6 Å². The quantitative estimate of drug-likeness (QED) is 0.0607. The molecule has 0 saturated carbocycles. The molecule has 0 aromatic heterocycles. The summed E-state index contributed by atoms with van der Waals surface area (Å²) >= 11 is 0. The third-order valence-corrected chi connectivity index (χ3v) is 7.22. The Morgan fingerprint density at radius 1 is 0.902 bits per heavy atom. The van der Waals surface area contributed by atoms with Crippen molar-refractivity contribution in [1.82, 2.24) is 0 Å². The zero-order chi connectivity index (χ0) is 30.1. The standard InChI is InChI=1S/C33H41O7P/c1-7-37-41(35,38-8-2)39-25-29-19-21-30(22-20-29)40-33(34)31-17-9-10-18-32(31)36-24-23-28(6)16-12-15-27(5)14-11-13-26(3)4/h1,9-10,13,15,17-23H,8,11-12,14,16,24-25H2,2-6H3/b27-15+,28-23+. The van der Waals surface area contributed by atoms with Crippen molar-refractivity contribution < 1.29 is 32.4 Å². The lowest BCUT2D eigenvalue weighted by Gasteiger charge is -2.14. The Labute approximate surface area is 244 Å². The lowest BCUT2D eigenvalue weighted by Crippen LogP contribution is -2.11. The highest BCUT2D eigenvalue weighted by molar-refractivity contribution is 7.48. The normalized spacial score (nSPS) is 13.1. The second kappa shape index (κ2) is 18.0. The first-order chi connectivity index (χ1) is 19.7. The van der Waals surface area contributed by atoms with Crippen LogP contribution in [0.15, 0.2) is 83.5 Å². The summed E-state index contributed by atoms with van der Waals surface area (Å²) in [6.07, 6.45) is 17.6. The van der Waals surface area contributed by atoms with Crippen LogP contribution in [0.3, 0.4) is 0 Å². The zero-order valence-electron chi connectivity index (χ0n) is 24.7. The molecular formula is C33H41O7P. The number of hydrogen-bond acceptors (Lipinski definition) is 7. The minimum atomic E-state index is -3.84. The SMILES string of the molecule is C#COP(=O)(OCC)OCc1ccc(OC(=O)c2ccccc2OC/C=C(\C)CC/C=C(\C)CCC=C(C)C)cc1.